The zero-order chi connectivity index (χ0) is 19.1. The number of aliphatic imine (C=N–C) groups is 1. The fourth-order valence-electron chi connectivity index (χ4n) is 2.50. The average Bonchev–Trinajstić information content (AvgIpc) is 3.09. The SMILES string of the molecule is CN1CC(CCC2=NCCN2)Oc2ncccc2C1=S.O=C(O)C(=O)O. The van der Waals surface area contributed by atoms with E-state index in [1.165, 1.54) is 0 Å². The summed E-state index contributed by atoms with van der Waals surface area (Å²) in [5, 5.41) is 18.1. The normalized spacial score (nSPS) is 18.3. The Morgan fingerprint density at radius 2 is 2.15 bits per heavy atom. The molecule has 0 spiro atoms. The largest absolute Gasteiger partial charge is 0.473 e. The number of thiocarbonyl (C=S) groups is 1. The fourth-order valence-corrected chi connectivity index (χ4v) is 2.73. The molecular formula is C16H20N4O5S. The van der Waals surface area contributed by atoms with Gasteiger partial charge in [-0.05, 0) is 18.6 Å². The molecule has 0 aliphatic carbocycles. The Morgan fingerprint density at radius 1 is 1.42 bits per heavy atom. The number of ether oxygens (including phenoxy) is 1. The van der Waals surface area contributed by atoms with Crippen molar-refractivity contribution < 1.29 is 24.5 Å². The van der Waals surface area contributed by atoms with Crippen LogP contribution in [0.5, 0.6) is 5.88 Å². The number of pyridine rings is 1. The van der Waals surface area contributed by atoms with E-state index in [0.29, 0.717) is 5.88 Å². The van der Waals surface area contributed by atoms with Crippen LogP contribution in [0, 0.1) is 0 Å². The molecule has 1 unspecified atom stereocenters. The second-order valence-electron chi connectivity index (χ2n) is 5.69. The maximum atomic E-state index is 9.10. The first-order valence-electron chi connectivity index (χ1n) is 7.99. The van der Waals surface area contributed by atoms with Gasteiger partial charge in [0, 0.05) is 26.2 Å². The number of carbonyl (C=O) groups is 2. The molecule has 2 aliphatic rings. The number of nitrogens with zero attached hydrogens (tertiary/aromatic N) is 3. The van der Waals surface area contributed by atoms with Crippen molar-refractivity contribution in [1.29, 1.82) is 0 Å². The Morgan fingerprint density at radius 3 is 2.77 bits per heavy atom. The monoisotopic (exact) mass is 380 g/mol. The van der Waals surface area contributed by atoms with Crippen molar-refractivity contribution in [3.63, 3.8) is 0 Å². The van der Waals surface area contributed by atoms with Crippen LogP contribution in [0.25, 0.3) is 0 Å². The van der Waals surface area contributed by atoms with Crippen molar-refractivity contribution in [1.82, 2.24) is 15.2 Å². The highest BCUT2D eigenvalue weighted by Gasteiger charge is 2.25. The van der Waals surface area contributed by atoms with Crippen LogP contribution >= 0.6 is 12.2 Å². The van der Waals surface area contributed by atoms with Gasteiger partial charge in [0.15, 0.2) is 0 Å². The lowest BCUT2D eigenvalue weighted by Crippen LogP contribution is -2.34. The summed E-state index contributed by atoms with van der Waals surface area (Å²) < 4.78 is 6.03. The molecule has 1 atom stereocenters. The fraction of sp³-hybridized carbons (Fsp3) is 0.438. The number of hydrogen-bond acceptors (Lipinski definition) is 7. The molecule has 3 heterocycles. The number of amidine groups is 1. The van der Waals surface area contributed by atoms with Gasteiger partial charge in [0.05, 0.1) is 24.5 Å². The Bertz CT molecular complexity index is 712. The predicted molar refractivity (Wildman–Crippen MR) is 97.8 cm³/mol. The number of aliphatic carboxylic acids is 2. The smallest absolute Gasteiger partial charge is 0.414 e. The van der Waals surface area contributed by atoms with E-state index in [2.05, 4.69) is 20.2 Å². The molecule has 1 aromatic rings. The molecule has 0 saturated heterocycles. The molecule has 9 nitrogen and oxygen atoms in total. The molecule has 0 fully saturated rings. The lowest BCUT2D eigenvalue weighted by Gasteiger charge is -2.21. The second kappa shape index (κ2) is 9.09. The summed E-state index contributed by atoms with van der Waals surface area (Å²) in [6, 6.07) is 3.85. The van der Waals surface area contributed by atoms with Crippen molar-refractivity contribution in [3.05, 3.63) is 23.9 Å². The van der Waals surface area contributed by atoms with Crippen LogP contribution in [0.3, 0.4) is 0 Å². The third-order valence-electron chi connectivity index (χ3n) is 3.73. The molecule has 26 heavy (non-hydrogen) atoms. The van der Waals surface area contributed by atoms with Crippen LogP contribution in [-0.2, 0) is 9.59 Å². The minimum atomic E-state index is -1.82. The Kier molecular flexibility index (Phi) is 6.84. The van der Waals surface area contributed by atoms with Crippen LogP contribution in [-0.4, -0.2) is 75.6 Å². The summed E-state index contributed by atoms with van der Waals surface area (Å²) in [5.74, 6) is -1.91. The van der Waals surface area contributed by atoms with Crippen LogP contribution < -0.4 is 10.1 Å². The molecule has 0 saturated carbocycles. The molecule has 140 valence electrons. The number of carboxylic acids is 2. The van der Waals surface area contributed by atoms with Gasteiger partial charge in [-0.1, -0.05) is 12.2 Å². The Labute approximate surface area is 155 Å². The van der Waals surface area contributed by atoms with Gasteiger partial charge < -0.3 is 25.2 Å². The molecular weight excluding hydrogens is 360 g/mol. The van der Waals surface area contributed by atoms with E-state index in [4.69, 9.17) is 36.8 Å². The van der Waals surface area contributed by atoms with Crippen LogP contribution in [0.1, 0.15) is 18.4 Å². The average molecular weight is 380 g/mol. The van der Waals surface area contributed by atoms with Crippen LogP contribution in [0.15, 0.2) is 23.3 Å². The summed E-state index contributed by atoms with van der Waals surface area (Å²) in [5.41, 5.74) is 0.906. The van der Waals surface area contributed by atoms with Gasteiger partial charge >= 0.3 is 11.9 Å². The van der Waals surface area contributed by atoms with E-state index >= 15 is 0 Å². The van der Waals surface area contributed by atoms with E-state index in [0.717, 1.165) is 48.9 Å². The number of nitrogens with one attached hydrogen (secondary N) is 1. The van der Waals surface area contributed by atoms with Crippen molar-refractivity contribution in [3.8, 4) is 5.88 Å². The maximum absolute atomic E-state index is 9.10. The van der Waals surface area contributed by atoms with Crippen molar-refractivity contribution in [2.75, 3.05) is 26.7 Å². The van der Waals surface area contributed by atoms with Gasteiger partial charge in [0.2, 0.25) is 5.88 Å². The van der Waals surface area contributed by atoms with E-state index in [9.17, 15) is 0 Å². The summed E-state index contributed by atoms with van der Waals surface area (Å²) in [6.45, 7) is 2.62. The molecule has 0 radical (unpaired) electrons. The molecule has 0 amide bonds. The highest BCUT2D eigenvalue weighted by Crippen LogP contribution is 2.23. The predicted octanol–water partition coefficient (Wildman–Crippen LogP) is 0.387. The third-order valence-corrected chi connectivity index (χ3v) is 4.27. The lowest BCUT2D eigenvalue weighted by atomic mass is 10.2. The number of likely N-dealkylation sites (N-methyl/N-ethyl adjacent to an activating group) is 1. The van der Waals surface area contributed by atoms with E-state index in [-0.39, 0.29) is 6.10 Å². The highest BCUT2D eigenvalue weighted by atomic mass is 32.1. The number of rotatable bonds is 3. The third kappa shape index (κ3) is 5.38. The Hall–Kier alpha value is -2.75. The lowest BCUT2D eigenvalue weighted by molar-refractivity contribution is -0.159. The Balaban J connectivity index is 0.000000352. The zero-order valence-electron chi connectivity index (χ0n) is 14.2. The number of aromatic nitrogens is 1. The van der Waals surface area contributed by atoms with Crippen LogP contribution in [0.4, 0.5) is 0 Å². The number of hydrogen-bond donors (Lipinski definition) is 3. The van der Waals surface area contributed by atoms with Gasteiger partial charge in [-0.2, -0.15) is 0 Å². The molecule has 2 aliphatic heterocycles. The summed E-state index contributed by atoms with van der Waals surface area (Å²) in [4.78, 5) is 29.8. The minimum absolute atomic E-state index is 0.0826. The van der Waals surface area contributed by atoms with Gasteiger partial charge in [0.1, 0.15) is 11.1 Å². The minimum Gasteiger partial charge on any atom is -0.473 e. The highest BCUT2D eigenvalue weighted by molar-refractivity contribution is 7.80. The first-order valence-corrected chi connectivity index (χ1v) is 8.40. The quantitative estimate of drug-likeness (QED) is 0.504. The maximum Gasteiger partial charge on any atom is 0.414 e. The van der Waals surface area contributed by atoms with Gasteiger partial charge in [-0.15, -0.1) is 0 Å². The van der Waals surface area contributed by atoms with Crippen molar-refractivity contribution in [2.24, 2.45) is 4.99 Å². The number of fused-ring (bicyclic) bond motifs is 1. The molecule has 10 heteroatoms. The summed E-state index contributed by atoms with van der Waals surface area (Å²) in [7, 11) is 2.01. The molecule has 0 aromatic carbocycles. The molecule has 3 rings (SSSR count). The van der Waals surface area contributed by atoms with Crippen LogP contribution in [0.2, 0.25) is 0 Å². The van der Waals surface area contributed by atoms with E-state index in [1.807, 2.05) is 19.2 Å². The standard InChI is InChI=1S/C14H18N4OS.C2H2O4/c1-18-9-10(4-5-12-15-7-8-16-12)19-13-11(14(18)20)3-2-6-17-13;3-1(4)2(5)6/h2-3,6,10H,4-5,7-9H2,1H3,(H,15,16);(H,3,4)(H,5,6). The van der Waals surface area contributed by atoms with E-state index < -0.39 is 11.9 Å². The van der Waals surface area contributed by atoms with Crippen molar-refractivity contribution in [2.45, 2.75) is 18.9 Å². The summed E-state index contributed by atoms with van der Waals surface area (Å²) >= 11 is 5.48. The van der Waals surface area contributed by atoms with Crippen molar-refractivity contribution >= 4 is 35.0 Å². The first-order chi connectivity index (χ1) is 12.4. The first kappa shape index (κ1) is 19.6. The molecule has 3 N–H and O–H groups in total. The van der Waals surface area contributed by atoms with Gasteiger partial charge in [0.25, 0.3) is 0 Å². The van der Waals surface area contributed by atoms with Gasteiger partial charge in [-0.25, -0.2) is 14.6 Å². The van der Waals surface area contributed by atoms with Gasteiger partial charge in [-0.3, -0.25) is 4.99 Å². The summed E-state index contributed by atoms with van der Waals surface area (Å²) in [6.07, 6.45) is 3.65. The van der Waals surface area contributed by atoms with E-state index in [1.54, 1.807) is 6.20 Å². The second-order valence-corrected chi connectivity index (χ2v) is 6.07. The molecule has 1 aromatic heterocycles. The molecule has 0 bridgehead atoms. The topological polar surface area (TPSA) is 124 Å². The zero-order valence-corrected chi connectivity index (χ0v) is 15.0. The number of carboxylic acid groups (broad SMARTS) is 2.